The second-order valence-electron chi connectivity index (χ2n) is 3.20. The quantitative estimate of drug-likeness (QED) is 0.613. The van der Waals surface area contributed by atoms with E-state index in [4.69, 9.17) is 16.0 Å². The average molecular weight is 242 g/mol. The highest BCUT2D eigenvalue weighted by atomic mass is 35.5. The number of rotatable bonds is 5. The summed E-state index contributed by atoms with van der Waals surface area (Å²) in [6.07, 6.45) is 3.30. The van der Waals surface area contributed by atoms with Crippen molar-refractivity contribution in [2.75, 3.05) is 13.1 Å². The largest absolute Gasteiger partial charge is 0.472 e. The molecule has 4 nitrogen and oxygen atoms in total. The average Bonchev–Trinajstić information content (AvgIpc) is 2.75. The van der Waals surface area contributed by atoms with Gasteiger partial charge < -0.3 is 15.1 Å². The molecule has 0 aliphatic rings. The first-order chi connectivity index (χ1) is 7.72. The van der Waals surface area contributed by atoms with E-state index in [-0.39, 0.29) is 0 Å². The highest BCUT2D eigenvalue weighted by molar-refractivity contribution is 6.29. The van der Waals surface area contributed by atoms with Crippen LogP contribution in [-0.2, 0) is 6.54 Å². The topological polar surface area (TPSA) is 49.6 Å². The summed E-state index contributed by atoms with van der Waals surface area (Å²) in [6, 6.07) is 1.88. The normalized spacial score (nSPS) is 11.2. The Bertz CT molecular complexity index is 346. The summed E-state index contributed by atoms with van der Waals surface area (Å²) in [5, 5.41) is 6.72. The maximum Gasteiger partial charge on any atom is 0.191 e. The molecule has 16 heavy (non-hydrogen) atoms. The van der Waals surface area contributed by atoms with Crippen LogP contribution in [-0.4, -0.2) is 19.0 Å². The van der Waals surface area contributed by atoms with Gasteiger partial charge in [0, 0.05) is 17.1 Å². The third-order valence-corrected chi connectivity index (χ3v) is 1.93. The molecule has 0 atom stereocenters. The van der Waals surface area contributed by atoms with Gasteiger partial charge in [0.05, 0.1) is 25.6 Å². The highest BCUT2D eigenvalue weighted by Crippen LogP contribution is 2.01. The lowest BCUT2D eigenvalue weighted by atomic mass is 10.3. The van der Waals surface area contributed by atoms with Crippen LogP contribution in [0, 0.1) is 0 Å². The Morgan fingerprint density at radius 2 is 2.38 bits per heavy atom. The SMILES string of the molecule is C=C(Cl)CNC(=NCc1ccoc1)NCC. The molecule has 0 unspecified atom stereocenters. The van der Waals surface area contributed by atoms with Gasteiger partial charge in [-0.15, -0.1) is 0 Å². The lowest BCUT2D eigenvalue weighted by Gasteiger charge is -2.09. The first-order valence-electron chi connectivity index (χ1n) is 5.09. The molecule has 2 N–H and O–H groups in total. The monoisotopic (exact) mass is 241 g/mol. The number of nitrogens with zero attached hydrogens (tertiary/aromatic N) is 1. The number of hydrogen-bond acceptors (Lipinski definition) is 2. The molecular weight excluding hydrogens is 226 g/mol. The molecule has 0 saturated heterocycles. The van der Waals surface area contributed by atoms with Gasteiger partial charge in [-0.1, -0.05) is 18.2 Å². The van der Waals surface area contributed by atoms with Crippen molar-refractivity contribution in [1.29, 1.82) is 0 Å². The molecule has 0 aliphatic heterocycles. The lowest BCUT2D eigenvalue weighted by molar-refractivity contribution is 0.564. The maximum absolute atomic E-state index is 5.67. The molecule has 0 aliphatic carbocycles. The van der Waals surface area contributed by atoms with Crippen molar-refractivity contribution in [1.82, 2.24) is 10.6 Å². The third-order valence-electron chi connectivity index (χ3n) is 1.79. The number of furan rings is 1. The van der Waals surface area contributed by atoms with Gasteiger partial charge in [-0.3, -0.25) is 0 Å². The number of halogens is 1. The fourth-order valence-corrected chi connectivity index (χ4v) is 1.14. The van der Waals surface area contributed by atoms with Gasteiger partial charge in [0.1, 0.15) is 0 Å². The van der Waals surface area contributed by atoms with E-state index >= 15 is 0 Å². The Balaban J connectivity index is 2.47. The molecule has 1 heterocycles. The molecule has 1 aromatic rings. The van der Waals surface area contributed by atoms with Crippen molar-refractivity contribution in [3.05, 3.63) is 35.8 Å². The van der Waals surface area contributed by atoms with Gasteiger partial charge in [0.15, 0.2) is 5.96 Å². The van der Waals surface area contributed by atoms with Crippen molar-refractivity contribution in [3.63, 3.8) is 0 Å². The second-order valence-corrected chi connectivity index (χ2v) is 3.73. The molecule has 0 fully saturated rings. The minimum atomic E-state index is 0.499. The summed E-state index contributed by atoms with van der Waals surface area (Å²) in [5.74, 6) is 0.713. The van der Waals surface area contributed by atoms with Crippen molar-refractivity contribution in [3.8, 4) is 0 Å². The Hall–Kier alpha value is -1.42. The molecule has 0 aromatic carbocycles. The van der Waals surface area contributed by atoms with E-state index in [1.54, 1.807) is 12.5 Å². The minimum absolute atomic E-state index is 0.499. The smallest absolute Gasteiger partial charge is 0.191 e. The molecule has 0 amide bonds. The van der Waals surface area contributed by atoms with E-state index in [0.29, 0.717) is 24.1 Å². The summed E-state index contributed by atoms with van der Waals surface area (Å²) >= 11 is 5.67. The Labute approximate surface area is 100 Å². The van der Waals surface area contributed by atoms with Crippen molar-refractivity contribution >= 4 is 17.6 Å². The molecule has 1 rings (SSSR count). The molecule has 0 spiro atoms. The molecule has 5 heteroatoms. The van der Waals surface area contributed by atoms with Gasteiger partial charge >= 0.3 is 0 Å². The fraction of sp³-hybridized carbons (Fsp3) is 0.364. The zero-order chi connectivity index (χ0) is 11.8. The van der Waals surface area contributed by atoms with E-state index in [2.05, 4.69) is 22.2 Å². The van der Waals surface area contributed by atoms with Crippen molar-refractivity contribution in [2.24, 2.45) is 4.99 Å². The van der Waals surface area contributed by atoms with Gasteiger partial charge in [-0.05, 0) is 13.0 Å². The summed E-state index contributed by atoms with van der Waals surface area (Å²) in [4.78, 5) is 4.36. The molecule has 1 aromatic heterocycles. The van der Waals surface area contributed by atoms with Crippen LogP contribution in [0.2, 0.25) is 0 Å². The highest BCUT2D eigenvalue weighted by Gasteiger charge is 1.98. The molecule has 0 radical (unpaired) electrons. The van der Waals surface area contributed by atoms with Crippen molar-refractivity contribution < 1.29 is 4.42 Å². The molecule has 0 saturated carbocycles. The van der Waals surface area contributed by atoms with Crippen LogP contribution in [0.15, 0.2) is 39.6 Å². The van der Waals surface area contributed by atoms with E-state index in [9.17, 15) is 0 Å². The van der Waals surface area contributed by atoms with Crippen LogP contribution in [0.4, 0.5) is 0 Å². The van der Waals surface area contributed by atoms with E-state index in [0.717, 1.165) is 12.1 Å². The zero-order valence-electron chi connectivity index (χ0n) is 9.29. The van der Waals surface area contributed by atoms with Crippen LogP contribution in [0.5, 0.6) is 0 Å². The number of nitrogens with one attached hydrogen (secondary N) is 2. The Morgan fingerprint density at radius 1 is 1.56 bits per heavy atom. The number of guanidine groups is 1. The third kappa shape index (κ3) is 4.89. The lowest BCUT2D eigenvalue weighted by Crippen LogP contribution is -2.37. The summed E-state index contributed by atoms with van der Waals surface area (Å²) in [6.45, 7) is 7.47. The van der Waals surface area contributed by atoms with Crippen LogP contribution in [0.25, 0.3) is 0 Å². The van der Waals surface area contributed by atoms with Crippen LogP contribution >= 0.6 is 11.6 Å². The first-order valence-corrected chi connectivity index (χ1v) is 5.46. The van der Waals surface area contributed by atoms with Crippen LogP contribution < -0.4 is 10.6 Å². The van der Waals surface area contributed by atoms with Gasteiger partial charge in [-0.25, -0.2) is 4.99 Å². The van der Waals surface area contributed by atoms with E-state index in [1.807, 2.05) is 13.0 Å². The molecule has 88 valence electrons. The number of aliphatic imine (C=N–C) groups is 1. The minimum Gasteiger partial charge on any atom is -0.472 e. The fourth-order valence-electron chi connectivity index (χ4n) is 1.07. The van der Waals surface area contributed by atoms with Gasteiger partial charge in [0.2, 0.25) is 0 Å². The van der Waals surface area contributed by atoms with Gasteiger partial charge in [-0.2, -0.15) is 0 Å². The zero-order valence-corrected chi connectivity index (χ0v) is 10.0. The maximum atomic E-state index is 5.67. The number of hydrogen-bond donors (Lipinski definition) is 2. The van der Waals surface area contributed by atoms with Crippen LogP contribution in [0.1, 0.15) is 12.5 Å². The molecule has 0 bridgehead atoms. The van der Waals surface area contributed by atoms with Crippen LogP contribution in [0.3, 0.4) is 0 Å². The predicted molar refractivity (Wildman–Crippen MR) is 66.5 cm³/mol. The molecular formula is C11H16ClN3O. The Kier molecular flexibility index (Phi) is 5.50. The summed E-state index contributed by atoms with van der Waals surface area (Å²) < 4.78 is 4.96. The Morgan fingerprint density at radius 3 is 2.94 bits per heavy atom. The van der Waals surface area contributed by atoms with Gasteiger partial charge in [0.25, 0.3) is 0 Å². The summed E-state index contributed by atoms with van der Waals surface area (Å²) in [5.41, 5.74) is 1.03. The van der Waals surface area contributed by atoms with E-state index in [1.165, 1.54) is 0 Å². The predicted octanol–water partition coefficient (Wildman–Crippen LogP) is 2.09. The second kappa shape index (κ2) is 6.95. The standard InChI is InChI=1S/C11H16ClN3O/c1-3-13-11(14-6-9(2)12)15-7-10-4-5-16-8-10/h4-5,8H,2-3,6-7H2,1H3,(H2,13,14,15). The van der Waals surface area contributed by atoms with Crippen molar-refractivity contribution in [2.45, 2.75) is 13.5 Å². The van der Waals surface area contributed by atoms with E-state index < -0.39 is 0 Å². The summed E-state index contributed by atoms with van der Waals surface area (Å²) in [7, 11) is 0. The first kappa shape index (κ1) is 12.6.